The Hall–Kier alpha value is -0.620. The Morgan fingerprint density at radius 1 is 1.29 bits per heavy atom. The van der Waals surface area contributed by atoms with Crippen molar-refractivity contribution in [1.29, 1.82) is 0 Å². The minimum absolute atomic E-state index is 0.0928. The van der Waals surface area contributed by atoms with Crippen molar-refractivity contribution in [3.8, 4) is 0 Å². The summed E-state index contributed by atoms with van der Waals surface area (Å²) in [6.07, 6.45) is 4.77. The first-order valence-electron chi connectivity index (χ1n) is 6.13. The van der Waals surface area contributed by atoms with Gasteiger partial charge in [-0.2, -0.15) is 0 Å². The SMILES string of the molecule is C[C@H](NS(C)(=O)=O)C(=O)N1C[C@@H]2CCC[C@H]2C1. The Balaban J connectivity index is 1.93. The number of nitrogens with one attached hydrogen (secondary N) is 1. The number of sulfonamides is 1. The number of fused-ring (bicyclic) bond motifs is 1. The fourth-order valence-electron chi connectivity index (χ4n) is 3.06. The number of nitrogens with zero attached hydrogens (tertiary/aromatic N) is 1. The first-order chi connectivity index (χ1) is 7.87. The molecule has 1 aliphatic carbocycles. The summed E-state index contributed by atoms with van der Waals surface area (Å²) in [6, 6.07) is -0.649. The van der Waals surface area contributed by atoms with E-state index in [1.54, 1.807) is 6.92 Å². The van der Waals surface area contributed by atoms with Gasteiger partial charge in [0.2, 0.25) is 15.9 Å². The van der Waals surface area contributed by atoms with E-state index in [1.807, 2.05) is 4.90 Å². The third-order valence-corrected chi connectivity index (χ3v) is 4.58. The highest BCUT2D eigenvalue weighted by atomic mass is 32.2. The maximum atomic E-state index is 12.1. The van der Waals surface area contributed by atoms with Crippen molar-refractivity contribution in [2.45, 2.75) is 32.2 Å². The maximum Gasteiger partial charge on any atom is 0.240 e. The van der Waals surface area contributed by atoms with Gasteiger partial charge < -0.3 is 4.90 Å². The average molecular weight is 260 g/mol. The van der Waals surface area contributed by atoms with Crippen LogP contribution in [0.25, 0.3) is 0 Å². The first kappa shape index (κ1) is 12.8. The van der Waals surface area contributed by atoms with Crippen LogP contribution in [-0.2, 0) is 14.8 Å². The number of hydrogen-bond acceptors (Lipinski definition) is 3. The Morgan fingerprint density at radius 3 is 2.29 bits per heavy atom. The molecule has 0 spiro atoms. The van der Waals surface area contributed by atoms with Crippen LogP contribution in [0.4, 0.5) is 0 Å². The van der Waals surface area contributed by atoms with Crippen LogP contribution in [-0.4, -0.2) is 44.6 Å². The third-order valence-electron chi connectivity index (χ3n) is 3.80. The van der Waals surface area contributed by atoms with Gasteiger partial charge in [-0.05, 0) is 31.6 Å². The molecule has 1 saturated carbocycles. The van der Waals surface area contributed by atoms with Gasteiger partial charge in [0, 0.05) is 13.1 Å². The van der Waals surface area contributed by atoms with E-state index in [9.17, 15) is 13.2 Å². The van der Waals surface area contributed by atoms with E-state index in [0.29, 0.717) is 11.8 Å². The van der Waals surface area contributed by atoms with Gasteiger partial charge in [-0.15, -0.1) is 0 Å². The number of rotatable bonds is 3. The monoisotopic (exact) mass is 260 g/mol. The molecule has 0 radical (unpaired) electrons. The normalized spacial score (nSPS) is 30.4. The highest BCUT2D eigenvalue weighted by Crippen LogP contribution is 2.37. The Kier molecular flexibility index (Phi) is 3.45. The summed E-state index contributed by atoms with van der Waals surface area (Å²) in [5.74, 6) is 1.19. The Morgan fingerprint density at radius 2 is 1.82 bits per heavy atom. The summed E-state index contributed by atoms with van der Waals surface area (Å²) in [5, 5.41) is 0. The summed E-state index contributed by atoms with van der Waals surface area (Å²) < 4.78 is 24.5. The maximum absolute atomic E-state index is 12.1. The largest absolute Gasteiger partial charge is 0.341 e. The molecule has 1 heterocycles. The molecule has 2 rings (SSSR count). The minimum atomic E-state index is -3.31. The molecule has 1 amide bonds. The van der Waals surface area contributed by atoms with Crippen LogP contribution in [0.1, 0.15) is 26.2 Å². The highest BCUT2D eigenvalue weighted by Gasteiger charge is 2.39. The second kappa shape index (κ2) is 4.57. The number of carbonyl (C=O) groups is 1. The Labute approximate surface area is 103 Å². The van der Waals surface area contributed by atoms with Crippen LogP contribution in [0.2, 0.25) is 0 Å². The zero-order valence-electron chi connectivity index (χ0n) is 10.3. The van der Waals surface area contributed by atoms with E-state index in [-0.39, 0.29) is 5.91 Å². The van der Waals surface area contributed by atoms with Crippen LogP contribution in [0, 0.1) is 11.8 Å². The molecule has 2 fully saturated rings. The third kappa shape index (κ3) is 2.98. The van der Waals surface area contributed by atoms with Crippen molar-refractivity contribution < 1.29 is 13.2 Å². The molecule has 5 nitrogen and oxygen atoms in total. The summed E-state index contributed by atoms with van der Waals surface area (Å²) in [6.45, 7) is 3.22. The van der Waals surface area contributed by atoms with Crippen molar-refractivity contribution in [2.24, 2.45) is 11.8 Å². The molecule has 3 atom stereocenters. The zero-order valence-corrected chi connectivity index (χ0v) is 11.2. The van der Waals surface area contributed by atoms with Crippen molar-refractivity contribution in [2.75, 3.05) is 19.3 Å². The first-order valence-corrected chi connectivity index (χ1v) is 8.02. The molecule has 1 saturated heterocycles. The topological polar surface area (TPSA) is 66.5 Å². The summed E-state index contributed by atoms with van der Waals surface area (Å²) in [7, 11) is -3.31. The van der Waals surface area contributed by atoms with E-state index < -0.39 is 16.1 Å². The van der Waals surface area contributed by atoms with Crippen LogP contribution in [0.5, 0.6) is 0 Å². The van der Waals surface area contributed by atoms with Gasteiger partial charge in [0.05, 0.1) is 12.3 Å². The van der Waals surface area contributed by atoms with Gasteiger partial charge >= 0.3 is 0 Å². The van der Waals surface area contributed by atoms with Crippen molar-refractivity contribution in [1.82, 2.24) is 9.62 Å². The molecule has 17 heavy (non-hydrogen) atoms. The average Bonchev–Trinajstić information content (AvgIpc) is 2.72. The molecule has 0 unspecified atom stereocenters. The van der Waals surface area contributed by atoms with Gasteiger partial charge in [-0.3, -0.25) is 4.79 Å². The van der Waals surface area contributed by atoms with E-state index in [4.69, 9.17) is 0 Å². The second-order valence-electron chi connectivity index (χ2n) is 5.31. The standard InChI is InChI=1S/C11H20N2O3S/c1-8(12-17(2,15)16)11(14)13-6-9-4-3-5-10(9)7-13/h8-10,12H,3-7H2,1-2H3/t8-,9-,10-/m0/s1. The van der Waals surface area contributed by atoms with E-state index in [1.165, 1.54) is 19.3 Å². The molecule has 1 aliphatic heterocycles. The van der Waals surface area contributed by atoms with Crippen LogP contribution in [0.15, 0.2) is 0 Å². The van der Waals surface area contributed by atoms with Crippen LogP contribution in [0.3, 0.4) is 0 Å². The highest BCUT2D eigenvalue weighted by molar-refractivity contribution is 7.88. The smallest absolute Gasteiger partial charge is 0.240 e. The Bertz CT molecular complexity index is 395. The number of amides is 1. The fourth-order valence-corrected chi connectivity index (χ4v) is 3.80. The number of carbonyl (C=O) groups excluding carboxylic acids is 1. The van der Waals surface area contributed by atoms with Gasteiger partial charge in [-0.1, -0.05) is 6.42 Å². The van der Waals surface area contributed by atoms with Crippen molar-refractivity contribution in [3.05, 3.63) is 0 Å². The molecule has 0 aromatic heterocycles. The van der Waals surface area contributed by atoms with E-state index in [0.717, 1.165) is 19.3 Å². The fraction of sp³-hybridized carbons (Fsp3) is 0.909. The summed E-state index contributed by atoms with van der Waals surface area (Å²) >= 11 is 0. The van der Waals surface area contributed by atoms with E-state index >= 15 is 0 Å². The van der Waals surface area contributed by atoms with Crippen molar-refractivity contribution in [3.63, 3.8) is 0 Å². The van der Waals surface area contributed by atoms with E-state index in [2.05, 4.69) is 4.72 Å². The lowest BCUT2D eigenvalue weighted by atomic mass is 10.0. The quantitative estimate of drug-likeness (QED) is 0.787. The molecule has 98 valence electrons. The molecular formula is C11H20N2O3S. The number of likely N-dealkylation sites (tertiary alicyclic amines) is 1. The van der Waals surface area contributed by atoms with Crippen LogP contribution < -0.4 is 4.72 Å². The molecule has 2 aliphatic rings. The van der Waals surface area contributed by atoms with Gasteiger partial charge in [0.15, 0.2) is 0 Å². The summed E-state index contributed by atoms with van der Waals surface area (Å²) in [5.41, 5.74) is 0. The second-order valence-corrected chi connectivity index (χ2v) is 7.09. The molecule has 0 aromatic rings. The van der Waals surface area contributed by atoms with Crippen LogP contribution >= 0.6 is 0 Å². The molecule has 1 N–H and O–H groups in total. The predicted molar refractivity (Wildman–Crippen MR) is 64.9 cm³/mol. The molecule has 0 aromatic carbocycles. The molecular weight excluding hydrogens is 240 g/mol. The van der Waals surface area contributed by atoms with Crippen molar-refractivity contribution >= 4 is 15.9 Å². The lowest BCUT2D eigenvalue weighted by molar-refractivity contribution is -0.131. The lowest BCUT2D eigenvalue weighted by Gasteiger charge is -2.21. The van der Waals surface area contributed by atoms with Gasteiger partial charge in [0.25, 0.3) is 0 Å². The van der Waals surface area contributed by atoms with Gasteiger partial charge in [-0.25, -0.2) is 13.1 Å². The summed E-state index contributed by atoms with van der Waals surface area (Å²) in [4.78, 5) is 13.9. The van der Waals surface area contributed by atoms with Gasteiger partial charge in [0.1, 0.15) is 0 Å². The minimum Gasteiger partial charge on any atom is -0.341 e. The lowest BCUT2D eigenvalue weighted by Crippen LogP contribution is -2.46. The molecule has 6 heteroatoms. The molecule has 0 bridgehead atoms. The zero-order chi connectivity index (χ0) is 12.6. The number of hydrogen-bond donors (Lipinski definition) is 1. The predicted octanol–water partition coefficient (Wildman–Crippen LogP) is 0.183.